The maximum atomic E-state index is 5.52. The summed E-state index contributed by atoms with van der Waals surface area (Å²) >= 11 is 0. The van der Waals surface area contributed by atoms with Crippen LogP contribution in [0.5, 0.6) is 0 Å². The molecule has 0 fully saturated rings. The van der Waals surface area contributed by atoms with E-state index in [9.17, 15) is 0 Å². The highest BCUT2D eigenvalue weighted by atomic mass is 14.5. The van der Waals surface area contributed by atoms with E-state index in [4.69, 9.17) is 5.73 Å². The lowest BCUT2D eigenvalue weighted by molar-refractivity contribution is 0.739. The van der Waals surface area contributed by atoms with Crippen LogP contribution in [0.15, 0.2) is 18.2 Å². The van der Waals surface area contributed by atoms with Crippen LogP contribution in [-0.2, 0) is 19.3 Å². The molecular formula is C14H23N. The van der Waals surface area contributed by atoms with E-state index >= 15 is 0 Å². The van der Waals surface area contributed by atoms with Crippen molar-refractivity contribution in [3.63, 3.8) is 0 Å². The first-order valence-electron chi connectivity index (χ1n) is 6.12. The lowest BCUT2D eigenvalue weighted by atomic mass is 9.97. The van der Waals surface area contributed by atoms with Gasteiger partial charge in [-0.1, -0.05) is 32.0 Å². The second kappa shape index (κ2) is 6.62. The van der Waals surface area contributed by atoms with Gasteiger partial charge in [-0.3, -0.25) is 0 Å². The Labute approximate surface area is 93.7 Å². The normalized spacial score (nSPS) is 10.6. The molecule has 0 atom stereocenters. The highest BCUT2D eigenvalue weighted by molar-refractivity contribution is 5.32. The van der Waals surface area contributed by atoms with E-state index in [1.165, 1.54) is 29.5 Å². The molecule has 0 spiro atoms. The zero-order chi connectivity index (χ0) is 11.1. The summed E-state index contributed by atoms with van der Waals surface area (Å²) in [5.74, 6) is 0. The molecule has 0 aliphatic heterocycles. The van der Waals surface area contributed by atoms with E-state index in [1.807, 2.05) is 0 Å². The fraction of sp³-hybridized carbons (Fsp3) is 0.571. The summed E-state index contributed by atoms with van der Waals surface area (Å²) < 4.78 is 0. The summed E-state index contributed by atoms with van der Waals surface area (Å²) in [6.07, 6.45) is 5.82. The van der Waals surface area contributed by atoms with Crippen molar-refractivity contribution in [1.29, 1.82) is 0 Å². The van der Waals surface area contributed by atoms with E-state index in [0.29, 0.717) is 0 Å². The third kappa shape index (κ3) is 3.67. The highest BCUT2D eigenvalue weighted by Crippen LogP contribution is 2.16. The molecule has 0 unspecified atom stereocenters. The van der Waals surface area contributed by atoms with Crippen molar-refractivity contribution < 1.29 is 0 Å². The van der Waals surface area contributed by atoms with Crippen molar-refractivity contribution in [3.05, 3.63) is 34.9 Å². The molecule has 1 heteroatoms. The summed E-state index contributed by atoms with van der Waals surface area (Å²) in [7, 11) is 0. The predicted molar refractivity (Wildman–Crippen MR) is 67.2 cm³/mol. The van der Waals surface area contributed by atoms with E-state index < -0.39 is 0 Å². The van der Waals surface area contributed by atoms with Crippen molar-refractivity contribution in [2.75, 3.05) is 6.54 Å². The first-order valence-corrected chi connectivity index (χ1v) is 6.12. The van der Waals surface area contributed by atoms with Crippen LogP contribution in [0.25, 0.3) is 0 Å². The summed E-state index contributed by atoms with van der Waals surface area (Å²) in [6, 6.07) is 6.91. The van der Waals surface area contributed by atoms with E-state index in [-0.39, 0.29) is 0 Å². The predicted octanol–water partition coefficient (Wildman–Crippen LogP) is 3.09. The van der Waals surface area contributed by atoms with Gasteiger partial charge < -0.3 is 5.73 Å². The minimum atomic E-state index is 0.814. The summed E-state index contributed by atoms with van der Waals surface area (Å²) in [5, 5.41) is 0. The molecule has 1 nitrogen and oxygen atoms in total. The quantitative estimate of drug-likeness (QED) is 0.710. The molecule has 1 aromatic carbocycles. The topological polar surface area (TPSA) is 26.0 Å². The van der Waals surface area contributed by atoms with Crippen LogP contribution in [0.3, 0.4) is 0 Å². The van der Waals surface area contributed by atoms with Gasteiger partial charge in [-0.2, -0.15) is 0 Å². The van der Waals surface area contributed by atoms with Crippen LogP contribution in [0.1, 0.15) is 43.4 Å². The summed E-state index contributed by atoms with van der Waals surface area (Å²) in [4.78, 5) is 0. The Kier molecular flexibility index (Phi) is 5.41. The number of rotatable bonds is 6. The van der Waals surface area contributed by atoms with Gasteiger partial charge in [0.15, 0.2) is 0 Å². The SMILES string of the molecule is CCc1ccc(CC)c(CCCCN)c1. The fourth-order valence-corrected chi connectivity index (χ4v) is 1.94. The van der Waals surface area contributed by atoms with Crippen LogP contribution in [-0.4, -0.2) is 6.54 Å². The second-order valence-electron chi connectivity index (χ2n) is 4.06. The Morgan fingerprint density at radius 3 is 2.40 bits per heavy atom. The van der Waals surface area contributed by atoms with E-state index in [2.05, 4.69) is 32.0 Å². The molecule has 0 radical (unpaired) electrons. The molecule has 0 saturated carbocycles. The average molecular weight is 205 g/mol. The van der Waals surface area contributed by atoms with Gasteiger partial charge in [0.1, 0.15) is 0 Å². The largest absolute Gasteiger partial charge is 0.330 e. The molecule has 1 rings (SSSR count). The van der Waals surface area contributed by atoms with E-state index in [0.717, 1.165) is 25.8 Å². The maximum Gasteiger partial charge on any atom is -0.00772 e. The lowest BCUT2D eigenvalue weighted by Gasteiger charge is -2.09. The Hall–Kier alpha value is -0.820. The molecule has 84 valence electrons. The number of benzene rings is 1. The number of unbranched alkanes of at least 4 members (excludes halogenated alkanes) is 1. The highest BCUT2D eigenvalue weighted by Gasteiger charge is 2.01. The zero-order valence-corrected chi connectivity index (χ0v) is 10.1. The molecule has 0 aliphatic rings. The molecule has 0 aliphatic carbocycles. The molecule has 0 bridgehead atoms. The van der Waals surface area contributed by atoms with Crippen LogP contribution in [0, 0.1) is 0 Å². The molecule has 0 heterocycles. The van der Waals surface area contributed by atoms with E-state index in [1.54, 1.807) is 0 Å². The standard InChI is InChI=1S/C14H23N/c1-3-12-8-9-13(4-2)14(11-12)7-5-6-10-15/h8-9,11H,3-7,10,15H2,1-2H3. The molecule has 0 saturated heterocycles. The first kappa shape index (κ1) is 12.3. The average Bonchev–Trinajstić information content (AvgIpc) is 2.29. The van der Waals surface area contributed by atoms with Crippen molar-refractivity contribution in [2.24, 2.45) is 5.73 Å². The smallest absolute Gasteiger partial charge is 0.00772 e. The maximum absolute atomic E-state index is 5.52. The van der Waals surface area contributed by atoms with Gasteiger partial charge in [0.2, 0.25) is 0 Å². The van der Waals surface area contributed by atoms with Crippen LogP contribution >= 0.6 is 0 Å². The van der Waals surface area contributed by atoms with Gasteiger partial charge >= 0.3 is 0 Å². The molecule has 0 aromatic heterocycles. The number of hydrogen-bond acceptors (Lipinski definition) is 1. The molecule has 1 aromatic rings. The molecule has 2 N–H and O–H groups in total. The zero-order valence-electron chi connectivity index (χ0n) is 10.1. The number of hydrogen-bond donors (Lipinski definition) is 1. The Bertz CT molecular complexity index is 291. The summed E-state index contributed by atoms with van der Waals surface area (Å²) in [5.41, 5.74) is 10.0. The van der Waals surface area contributed by atoms with Gasteiger partial charge in [-0.25, -0.2) is 0 Å². The summed E-state index contributed by atoms with van der Waals surface area (Å²) in [6.45, 7) is 5.26. The molecular weight excluding hydrogens is 182 g/mol. The number of nitrogens with two attached hydrogens (primary N) is 1. The Morgan fingerprint density at radius 2 is 1.80 bits per heavy atom. The van der Waals surface area contributed by atoms with Crippen molar-refractivity contribution in [1.82, 2.24) is 0 Å². The fourth-order valence-electron chi connectivity index (χ4n) is 1.94. The minimum Gasteiger partial charge on any atom is -0.330 e. The van der Waals surface area contributed by atoms with Gasteiger partial charge in [-0.15, -0.1) is 0 Å². The van der Waals surface area contributed by atoms with Crippen molar-refractivity contribution >= 4 is 0 Å². The first-order chi connectivity index (χ1) is 7.31. The van der Waals surface area contributed by atoms with Crippen molar-refractivity contribution in [3.8, 4) is 0 Å². The van der Waals surface area contributed by atoms with Gasteiger partial charge in [-0.05, 0) is 55.3 Å². The molecule has 15 heavy (non-hydrogen) atoms. The Balaban J connectivity index is 2.72. The van der Waals surface area contributed by atoms with Crippen LogP contribution in [0.4, 0.5) is 0 Å². The minimum absolute atomic E-state index is 0.814. The molecule has 0 amide bonds. The van der Waals surface area contributed by atoms with Crippen LogP contribution < -0.4 is 5.73 Å². The van der Waals surface area contributed by atoms with Gasteiger partial charge in [0, 0.05) is 0 Å². The third-order valence-corrected chi connectivity index (χ3v) is 2.96. The van der Waals surface area contributed by atoms with Gasteiger partial charge in [0.25, 0.3) is 0 Å². The lowest BCUT2D eigenvalue weighted by Crippen LogP contribution is -2.01. The van der Waals surface area contributed by atoms with Crippen LogP contribution in [0.2, 0.25) is 0 Å². The second-order valence-corrected chi connectivity index (χ2v) is 4.06. The Morgan fingerprint density at radius 1 is 1.00 bits per heavy atom. The van der Waals surface area contributed by atoms with Gasteiger partial charge in [0.05, 0.1) is 0 Å². The third-order valence-electron chi connectivity index (χ3n) is 2.96. The van der Waals surface area contributed by atoms with Crippen molar-refractivity contribution in [2.45, 2.75) is 46.0 Å². The monoisotopic (exact) mass is 205 g/mol. The number of aryl methyl sites for hydroxylation is 3.